The van der Waals surface area contributed by atoms with Crippen LogP contribution in [0.5, 0.6) is 5.75 Å². The summed E-state index contributed by atoms with van der Waals surface area (Å²) in [6.07, 6.45) is 0. The Labute approximate surface area is 108 Å². The van der Waals surface area contributed by atoms with Gasteiger partial charge in [0, 0.05) is 12.6 Å². The molecule has 0 unspecified atom stereocenters. The monoisotopic (exact) mass is 251 g/mol. The third-order valence-corrected chi connectivity index (χ3v) is 2.81. The number of hydrogen-bond donors (Lipinski definition) is 0. The van der Waals surface area contributed by atoms with Gasteiger partial charge in [0.05, 0.1) is 20.8 Å². The summed E-state index contributed by atoms with van der Waals surface area (Å²) >= 11 is 0. The Morgan fingerprint density at radius 2 is 2.06 bits per heavy atom. The average molecular weight is 251 g/mol. The minimum absolute atomic E-state index is 0.216. The molecule has 0 saturated heterocycles. The summed E-state index contributed by atoms with van der Waals surface area (Å²) in [7, 11) is 3.06. The van der Waals surface area contributed by atoms with Crippen molar-refractivity contribution in [2.24, 2.45) is 0 Å². The third kappa shape index (κ3) is 4.37. The molecule has 18 heavy (non-hydrogen) atoms. The molecule has 4 nitrogen and oxygen atoms in total. The van der Waals surface area contributed by atoms with E-state index in [4.69, 9.17) is 9.47 Å². The van der Waals surface area contributed by atoms with Gasteiger partial charge >= 0.3 is 5.97 Å². The first-order valence-electron chi connectivity index (χ1n) is 6.00. The lowest BCUT2D eigenvalue weighted by Gasteiger charge is -2.25. The lowest BCUT2D eigenvalue weighted by Crippen LogP contribution is -2.35. The lowest BCUT2D eigenvalue weighted by atomic mass is 10.2. The molecule has 0 saturated carbocycles. The molecule has 0 atom stereocenters. The molecule has 0 aromatic heterocycles. The van der Waals surface area contributed by atoms with E-state index in [9.17, 15) is 4.79 Å². The maximum atomic E-state index is 11.4. The van der Waals surface area contributed by atoms with Crippen LogP contribution in [0.3, 0.4) is 0 Å². The Morgan fingerprint density at radius 1 is 1.33 bits per heavy atom. The Kier molecular flexibility index (Phi) is 5.65. The van der Waals surface area contributed by atoms with Crippen LogP contribution in [0.2, 0.25) is 0 Å². The number of rotatable bonds is 6. The van der Waals surface area contributed by atoms with Crippen LogP contribution in [0.1, 0.15) is 19.4 Å². The van der Waals surface area contributed by atoms with Crippen LogP contribution in [0.15, 0.2) is 24.3 Å². The van der Waals surface area contributed by atoms with Crippen LogP contribution in [0.25, 0.3) is 0 Å². The molecule has 1 rings (SSSR count). The lowest BCUT2D eigenvalue weighted by molar-refractivity contribution is -0.142. The van der Waals surface area contributed by atoms with Crippen molar-refractivity contribution >= 4 is 5.97 Å². The predicted octanol–water partition coefficient (Wildman–Crippen LogP) is 2.08. The zero-order valence-electron chi connectivity index (χ0n) is 11.5. The quantitative estimate of drug-likeness (QED) is 0.726. The molecular formula is C14H21NO3. The molecule has 0 aliphatic heterocycles. The first kappa shape index (κ1) is 14.5. The molecule has 0 amide bonds. The summed E-state index contributed by atoms with van der Waals surface area (Å²) in [5.41, 5.74) is 1.12. The third-order valence-electron chi connectivity index (χ3n) is 2.81. The van der Waals surface area contributed by atoms with Gasteiger partial charge in [-0.1, -0.05) is 12.1 Å². The second-order valence-corrected chi connectivity index (χ2v) is 4.43. The number of benzene rings is 1. The van der Waals surface area contributed by atoms with Gasteiger partial charge in [0.25, 0.3) is 0 Å². The normalized spacial score (nSPS) is 10.8. The van der Waals surface area contributed by atoms with E-state index in [2.05, 4.69) is 18.7 Å². The van der Waals surface area contributed by atoms with Crippen LogP contribution in [0.4, 0.5) is 0 Å². The fourth-order valence-electron chi connectivity index (χ4n) is 1.66. The maximum Gasteiger partial charge on any atom is 0.319 e. The number of methoxy groups -OCH3 is 2. The molecule has 1 aromatic carbocycles. The van der Waals surface area contributed by atoms with E-state index in [0.29, 0.717) is 13.1 Å². The molecule has 4 heteroatoms. The van der Waals surface area contributed by atoms with E-state index in [0.717, 1.165) is 11.3 Å². The second-order valence-electron chi connectivity index (χ2n) is 4.43. The van der Waals surface area contributed by atoms with Crippen LogP contribution in [-0.2, 0) is 16.1 Å². The first-order valence-corrected chi connectivity index (χ1v) is 6.00. The molecule has 0 aliphatic carbocycles. The van der Waals surface area contributed by atoms with Crippen molar-refractivity contribution in [3.63, 3.8) is 0 Å². The van der Waals surface area contributed by atoms with Gasteiger partial charge in [-0.15, -0.1) is 0 Å². The zero-order chi connectivity index (χ0) is 13.5. The predicted molar refractivity (Wildman–Crippen MR) is 70.6 cm³/mol. The average Bonchev–Trinajstić information content (AvgIpc) is 2.37. The van der Waals surface area contributed by atoms with Crippen molar-refractivity contribution in [1.29, 1.82) is 0 Å². The first-order chi connectivity index (χ1) is 8.56. The highest BCUT2D eigenvalue weighted by atomic mass is 16.5. The molecule has 0 N–H and O–H groups in total. The van der Waals surface area contributed by atoms with Crippen LogP contribution in [-0.4, -0.2) is 37.7 Å². The summed E-state index contributed by atoms with van der Waals surface area (Å²) < 4.78 is 9.90. The summed E-state index contributed by atoms with van der Waals surface area (Å²) in [5, 5.41) is 0. The smallest absolute Gasteiger partial charge is 0.319 e. The van der Waals surface area contributed by atoms with Crippen molar-refractivity contribution in [1.82, 2.24) is 4.90 Å². The number of esters is 1. The number of nitrogens with zero attached hydrogens (tertiary/aromatic N) is 1. The SMILES string of the molecule is COC(=O)CN(Cc1cccc(OC)c1)C(C)C. The van der Waals surface area contributed by atoms with Crippen LogP contribution < -0.4 is 4.74 Å². The summed E-state index contributed by atoms with van der Waals surface area (Å²) in [6.45, 7) is 5.11. The fraction of sp³-hybridized carbons (Fsp3) is 0.500. The topological polar surface area (TPSA) is 38.8 Å². The molecule has 0 heterocycles. The Bertz CT molecular complexity index is 390. The van der Waals surface area contributed by atoms with E-state index in [1.54, 1.807) is 7.11 Å². The fourth-order valence-corrected chi connectivity index (χ4v) is 1.66. The standard InChI is InChI=1S/C14H21NO3/c1-11(2)15(10-14(16)18-4)9-12-6-5-7-13(8-12)17-3/h5-8,11H,9-10H2,1-4H3. The van der Waals surface area contributed by atoms with E-state index in [1.165, 1.54) is 7.11 Å². The molecule has 0 spiro atoms. The number of carbonyl (C=O) groups is 1. The molecule has 0 aliphatic rings. The summed E-state index contributed by atoms with van der Waals surface area (Å²) in [5.74, 6) is 0.612. The Hall–Kier alpha value is -1.55. The largest absolute Gasteiger partial charge is 0.497 e. The summed E-state index contributed by atoms with van der Waals surface area (Å²) in [6, 6.07) is 8.13. The minimum Gasteiger partial charge on any atom is -0.497 e. The molecule has 0 radical (unpaired) electrons. The maximum absolute atomic E-state index is 11.4. The van der Waals surface area contributed by atoms with Crippen molar-refractivity contribution in [3.05, 3.63) is 29.8 Å². The van der Waals surface area contributed by atoms with Crippen molar-refractivity contribution in [3.8, 4) is 5.75 Å². The minimum atomic E-state index is -0.216. The second kappa shape index (κ2) is 7.01. The van der Waals surface area contributed by atoms with Gasteiger partial charge in [0.15, 0.2) is 0 Å². The van der Waals surface area contributed by atoms with Crippen molar-refractivity contribution in [2.45, 2.75) is 26.4 Å². The Morgan fingerprint density at radius 3 is 2.61 bits per heavy atom. The van der Waals surface area contributed by atoms with Crippen molar-refractivity contribution in [2.75, 3.05) is 20.8 Å². The summed E-state index contributed by atoms with van der Waals surface area (Å²) in [4.78, 5) is 13.4. The Balaban J connectivity index is 2.73. The molecule has 100 valence electrons. The molecular weight excluding hydrogens is 230 g/mol. The molecule has 0 fully saturated rings. The van der Waals surface area contributed by atoms with E-state index in [1.807, 2.05) is 24.3 Å². The zero-order valence-corrected chi connectivity index (χ0v) is 11.5. The highest BCUT2D eigenvalue weighted by Crippen LogP contribution is 2.15. The van der Waals surface area contributed by atoms with Crippen molar-refractivity contribution < 1.29 is 14.3 Å². The molecule has 0 bridgehead atoms. The number of ether oxygens (including phenoxy) is 2. The molecule has 1 aromatic rings. The van der Waals surface area contributed by atoms with E-state index >= 15 is 0 Å². The highest BCUT2D eigenvalue weighted by Gasteiger charge is 2.14. The van der Waals surface area contributed by atoms with Gasteiger partial charge in [-0.2, -0.15) is 0 Å². The number of hydrogen-bond acceptors (Lipinski definition) is 4. The van der Waals surface area contributed by atoms with Gasteiger partial charge in [-0.3, -0.25) is 9.69 Å². The van der Waals surface area contributed by atoms with E-state index < -0.39 is 0 Å². The van der Waals surface area contributed by atoms with E-state index in [-0.39, 0.29) is 12.0 Å². The van der Waals surface area contributed by atoms with Gasteiger partial charge in [-0.05, 0) is 31.5 Å². The van der Waals surface area contributed by atoms with Gasteiger partial charge in [-0.25, -0.2) is 0 Å². The number of carbonyl (C=O) groups excluding carboxylic acids is 1. The van der Waals surface area contributed by atoms with Crippen LogP contribution in [0, 0.1) is 0 Å². The van der Waals surface area contributed by atoms with Gasteiger partial charge in [0.2, 0.25) is 0 Å². The van der Waals surface area contributed by atoms with Gasteiger partial charge < -0.3 is 9.47 Å². The van der Waals surface area contributed by atoms with Crippen LogP contribution >= 0.6 is 0 Å². The highest BCUT2D eigenvalue weighted by molar-refractivity contribution is 5.71. The van der Waals surface area contributed by atoms with Gasteiger partial charge in [0.1, 0.15) is 5.75 Å².